The molecule has 1 rings (SSSR count). The van der Waals surface area contributed by atoms with E-state index in [1.165, 1.54) is 23.5 Å². The molecule has 0 aliphatic heterocycles. The van der Waals surface area contributed by atoms with Gasteiger partial charge >= 0.3 is 0 Å². The van der Waals surface area contributed by atoms with Gasteiger partial charge in [-0.2, -0.15) is 23.1 Å². The van der Waals surface area contributed by atoms with Gasteiger partial charge < -0.3 is 5.32 Å². The van der Waals surface area contributed by atoms with Gasteiger partial charge in [0.2, 0.25) is 0 Å². The highest BCUT2D eigenvalue weighted by molar-refractivity contribution is 7.99. The SMILES string of the molecule is CCSCCCNCC(C)c1ccsc1. The van der Waals surface area contributed by atoms with Crippen LogP contribution in [0.15, 0.2) is 16.8 Å². The maximum absolute atomic E-state index is 3.52. The molecule has 0 spiro atoms. The maximum atomic E-state index is 3.52. The number of hydrogen-bond acceptors (Lipinski definition) is 3. The number of rotatable bonds is 8. The van der Waals surface area contributed by atoms with E-state index < -0.39 is 0 Å². The van der Waals surface area contributed by atoms with Gasteiger partial charge in [0.25, 0.3) is 0 Å². The lowest BCUT2D eigenvalue weighted by molar-refractivity contribution is 0.612. The van der Waals surface area contributed by atoms with Crippen molar-refractivity contribution >= 4 is 23.1 Å². The van der Waals surface area contributed by atoms with Crippen molar-refractivity contribution in [2.45, 2.75) is 26.2 Å². The zero-order chi connectivity index (χ0) is 10.9. The summed E-state index contributed by atoms with van der Waals surface area (Å²) >= 11 is 3.81. The normalized spacial score (nSPS) is 12.9. The van der Waals surface area contributed by atoms with Gasteiger partial charge in [-0.15, -0.1) is 0 Å². The van der Waals surface area contributed by atoms with Gasteiger partial charge in [-0.3, -0.25) is 0 Å². The Hall–Kier alpha value is 0.01000. The molecule has 0 bridgehead atoms. The Morgan fingerprint density at radius 1 is 1.53 bits per heavy atom. The Morgan fingerprint density at radius 2 is 2.40 bits per heavy atom. The van der Waals surface area contributed by atoms with Gasteiger partial charge in [0.15, 0.2) is 0 Å². The molecular formula is C12H21NS2. The highest BCUT2D eigenvalue weighted by atomic mass is 32.2. The second-order valence-electron chi connectivity index (χ2n) is 3.71. The summed E-state index contributed by atoms with van der Waals surface area (Å²) in [5, 5.41) is 7.93. The van der Waals surface area contributed by atoms with Crippen LogP contribution in [-0.4, -0.2) is 24.6 Å². The van der Waals surface area contributed by atoms with Crippen LogP contribution in [0, 0.1) is 0 Å². The second kappa shape index (κ2) is 8.20. The summed E-state index contributed by atoms with van der Waals surface area (Å²) in [5.74, 6) is 3.18. The Kier molecular flexibility index (Phi) is 7.14. The molecule has 86 valence electrons. The van der Waals surface area contributed by atoms with E-state index in [4.69, 9.17) is 0 Å². The van der Waals surface area contributed by atoms with Gasteiger partial charge in [0.05, 0.1) is 0 Å². The van der Waals surface area contributed by atoms with Crippen molar-refractivity contribution in [1.29, 1.82) is 0 Å². The van der Waals surface area contributed by atoms with E-state index in [1.807, 2.05) is 11.8 Å². The van der Waals surface area contributed by atoms with Crippen LogP contribution in [0.5, 0.6) is 0 Å². The molecule has 15 heavy (non-hydrogen) atoms. The lowest BCUT2D eigenvalue weighted by atomic mass is 10.1. The fraction of sp³-hybridized carbons (Fsp3) is 0.667. The first kappa shape index (κ1) is 13.1. The zero-order valence-electron chi connectivity index (χ0n) is 9.66. The molecule has 0 aliphatic rings. The van der Waals surface area contributed by atoms with Crippen molar-refractivity contribution in [3.05, 3.63) is 22.4 Å². The van der Waals surface area contributed by atoms with Gasteiger partial charge in [-0.1, -0.05) is 13.8 Å². The van der Waals surface area contributed by atoms with Crippen LogP contribution in [0.25, 0.3) is 0 Å². The second-order valence-corrected chi connectivity index (χ2v) is 5.89. The minimum Gasteiger partial charge on any atom is -0.316 e. The highest BCUT2D eigenvalue weighted by Gasteiger charge is 2.04. The predicted molar refractivity (Wildman–Crippen MR) is 73.2 cm³/mol. The van der Waals surface area contributed by atoms with Crippen molar-refractivity contribution in [1.82, 2.24) is 5.32 Å². The summed E-state index contributed by atoms with van der Waals surface area (Å²) in [7, 11) is 0. The molecule has 0 aromatic carbocycles. The molecule has 1 heterocycles. The molecule has 3 heteroatoms. The summed E-state index contributed by atoms with van der Waals surface area (Å²) < 4.78 is 0. The Labute approximate surface area is 102 Å². The topological polar surface area (TPSA) is 12.0 Å². The molecule has 0 saturated carbocycles. The zero-order valence-corrected chi connectivity index (χ0v) is 11.3. The quantitative estimate of drug-likeness (QED) is 0.700. The molecule has 1 aromatic heterocycles. The van der Waals surface area contributed by atoms with E-state index in [2.05, 4.69) is 36.0 Å². The molecule has 1 atom stereocenters. The van der Waals surface area contributed by atoms with Crippen molar-refractivity contribution in [3.63, 3.8) is 0 Å². The molecule has 1 unspecified atom stereocenters. The van der Waals surface area contributed by atoms with E-state index >= 15 is 0 Å². The largest absolute Gasteiger partial charge is 0.316 e. The van der Waals surface area contributed by atoms with Crippen molar-refractivity contribution in [2.24, 2.45) is 0 Å². The Bertz CT molecular complexity index is 234. The molecular weight excluding hydrogens is 222 g/mol. The number of hydrogen-bond donors (Lipinski definition) is 1. The third-order valence-electron chi connectivity index (χ3n) is 2.41. The van der Waals surface area contributed by atoms with Gasteiger partial charge in [0.1, 0.15) is 0 Å². The van der Waals surface area contributed by atoms with Crippen LogP contribution in [0.2, 0.25) is 0 Å². The molecule has 0 fully saturated rings. The third kappa shape index (κ3) is 5.59. The smallest absolute Gasteiger partial charge is 0.00177 e. The van der Waals surface area contributed by atoms with E-state index in [1.54, 1.807) is 11.3 Å². The van der Waals surface area contributed by atoms with Crippen molar-refractivity contribution < 1.29 is 0 Å². The average Bonchev–Trinajstić information content (AvgIpc) is 2.76. The first-order valence-corrected chi connectivity index (χ1v) is 7.75. The average molecular weight is 243 g/mol. The monoisotopic (exact) mass is 243 g/mol. The van der Waals surface area contributed by atoms with Gasteiger partial charge in [0, 0.05) is 6.54 Å². The molecule has 0 amide bonds. The van der Waals surface area contributed by atoms with Crippen LogP contribution < -0.4 is 5.32 Å². The number of thiophene rings is 1. The fourth-order valence-electron chi connectivity index (χ4n) is 1.44. The Balaban J connectivity index is 2.00. The standard InChI is InChI=1S/C12H21NS2/c1-3-14-7-4-6-13-9-11(2)12-5-8-15-10-12/h5,8,10-11,13H,3-4,6-7,9H2,1-2H3. The Morgan fingerprint density at radius 3 is 3.07 bits per heavy atom. The molecule has 0 saturated heterocycles. The van der Waals surface area contributed by atoms with E-state index in [-0.39, 0.29) is 0 Å². The highest BCUT2D eigenvalue weighted by Crippen LogP contribution is 2.16. The number of nitrogens with one attached hydrogen (secondary N) is 1. The van der Waals surface area contributed by atoms with Crippen molar-refractivity contribution in [2.75, 3.05) is 24.6 Å². The summed E-state index contributed by atoms with van der Waals surface area (Å²) in [6, 6.07) is 2.23. The van der Waals surface area contributed by atoms with E-state index in [9.17, 15) is 0 Å². The lowest BCUT2D eigenvalue weighted by Gasteiger charge is -2.10. The molecule has 1 N–H and O–H groups in total. The van der Waals surface area contributed by atoms with Gasteiger partial charge in [-0.25, -0.2) is 0 Å². The minimum absolute atomic E-state index is 0.648. The fourth-order valence-corrected chi connectivity index (χ4v) is 2.85. The summed E-state index contributed by atoms with van der Waals surface area (Å²) in [5.41, 5.74) is 1.47. The predicted octanol–water partition coefficient (Wildman–Crippen LogP) is 3.58. The van der Waals surface area contributed by atoms with E-state index in [0.29, 0.717) is 5.92 Å². The molecule has 1 nitrogen and oxygen atoms in total. The summed E-state index contributed by atoms with van der Waals surface area (Å²) in [6.07, 6.45) is 1.29. The van der Waals surface area contributed by atoms with Crippen LogP contribution >= 0.6 is 23.1 Å². The third-order valence-corrected chi connectivity index (χ3v) is 4.10. The minimum atomic E-state index is 0.648. The van der Waals surface area contributed by atoms with Crippen molar-refractivity contribution in [3.8, 4) is 0 Å². The van der Waals surface area contributed by atoms with Crippen LogP contribution in [0.1, 0.15) is 31.7 Å². The molecule has 0 aliphatic carbocycles. The maximum Gasteiger partial charge on any atom is 0.00177 e. The van der Waals surface area contributed by atoms with Crippen LogP contribution in [0.4, 0.5) is 0 Å². The van der Waals surface area contributed by atoms with Gasteiger partial charge in [-0.05, 0) is 52.8 Å². The van der Waals surface area contributed by atoms with Crippen LogP contribution in [-0.2, 0) is 0 Å². The molecule has 1 aromatic rings. The molecule has 0 radical (unpaired) electrons. The van der Waals surface area contributed by atoms with E-state index in [0.717, 1.165) is 13.1 Å². The lowest BCUT2D eigenvalue weighted by Crippen LogP contribution is -2.21. The summed E-state index contributed by atoms with van der Waals surface area (Å²) in [6.45, 7) is 6.77. The first-order valence-electron chi connectivity index (χ1n) is 5.65. The summed E-state index contributed by atoms with van der Waals surface area (Å²) in [4.78, 5) is 0. The first-order chi connectivity index (χ1) is 7.34. The van der Waals surface area contributed by atoms with Crippen LogP contribution in [0.3, 0.4) is 0 Å². The number of thioether (sulfide) groups is 1.